The van der Waals surface area contributed by atoms with Crippen molar-refractivity contribution in [3.8, 4) is 0 Å². The van der Waals surface area contributed by atoms with Crippen LogP contribution < -0.4 is 16.2 Å². The molecule has 0 aliphatic rings. The van der Waals surface area contributed by atoms with Gasteiger partial charge in [-0.15, -0.1) is 0 Å². The molecule has 0 bridgehead atoms. The maximum absolute atomic E-state index is 5.43. The summed E-state index contributed by atoms with van der Waals surface area (Å²) in [6, 6.07) is 1.82. The minimum absolute atomic E-state index is 0.619. The molecule has 0 atom stereocenters. The van der Waals surface area contributed by atoms with Crippen LogP contribution in [0, 0.1) is 0 Å². The van der Waals surface area contributed by atoms with E-state index in [4.69, 9.17) is 5.84 Å². The zero-order valence-corrected chi connectivity index (χ0v) is 11.5. The van der Waals surface area contributed by atoms with Crippen LogP contribution in [-0.4, -0.2) is 26.6 Å². The van der Waals surface area contributed by atoms with E-state index in [0.717, 1.165) is 23.9 Å². The molecule has 7 heteroatoms. The fourth-order valence-corrected chi connectivity index (χ4v) is 1.75. The van der Waals surface area contributed by atoms with Crippen LogP contribution in [0.5, 0.6) is 0 Å². The van der Waals surface area contributed by atoms with Crippen LogP contribution in [0.15, 0.2) is 18.5 Å². The molecule has 0 radical (unpaired) electrons. The van der Waals surface area contributed by atoms with Crippen LogP contribution in [0.3, 0.4) is 0 Å². The van der Waals surface area contributed by atoms with Crippen molar-refractivity contribution in [1.29, 1.82) is 0 Å². The molecule has 0 aliphatic carbocycles. The number of aryl methyl sites for hydroxylation is 2. The van der Waals surface area contributed by atoms with Crippen molar-refractivity contribution in [1.82, 2.24) is 19.5 Å². The van der Waals surface area contributed by atoms with Crippen molar-refractivity contribution >= 4 is 11.6 Å². The van der Waals surface area contributed by atoms with Gasteiger partial charge in [-0.1, -0.05) is 6.92 Å². The number of hydrogen-bond acceptors (Lipinski definition) is 6. The van der Waals surface area contributed by atoms with Crippen molar-refractivity contribution in [2.45, 2.75) is 19.9 Å². The Morgan fingerprint density at radius 3 is 2.79 bits per heavy atom. The van der Waals surface area contributed by atoms with Gasteiger partial charge < -0.3 is 14.9 Å². The van der Waals surface area contributed by atoms with E-state index in [9.17, 15) is 0 Å². The highest BCUT2D eigenvalue weighted by Gasteiger charge is 2.10. The summed E-state index contributed by atoms with van der Waals surface area (Å²) in [7, 11) is 3.94. The molecule has 0 saturated heterocycles. The number of nitrogens with zero attached hydrogens (tertiary/aromatic N) is 5. The van der Waals surface area contributed by atoms with E-state index < -0.39 is 0 Å². The number of rotatable bonds is 5. The fraction of sp³-hybridized carbons (Fsp3) is 0.417. The van der Waals surface area contributed by atoms with Gasteiger partial charge in [0, 0.05) is 39.0 Å². The van der Waals surface area contributed by atoms with Crippen LogP contribution in [0.1, 0.15) is 18.6 Å². The second-order valence-corrected chi connectivity index (χ2v) is 4.34. The Morgan fingerprint density at radius 1 is 1.42 bits per heavy atom. The average Bonchev–Trinajstić information content (AvgIpc) is 2.83. The largest absolute Gasteiger partial charge is 0.352 e. The summed E-state index contributed by atoms with van der Waals surface area (Å²) < 4.78 is 1.99. The molecule has 0 aliphatic heterocycles. The van der Waals surface area contributed by atoms with E-state index in [1.165, 1.54) is 0 Å². The predicted octanol–water partition coefficient (Wildman–Crippen LogP) is 0.694. The SMILES string of the molecule is CCc1nc(NN)cc(N(C)Cc2nccn2C)n1. The summed E-state index contributed by atoms with van der Waals surface area (Å²) >= 11 is 0. The third-order valence-corrected chi connectivity index (χ3v) is 2.91. The zero-order valence-electron chi connectivity index (χ0n) is 11.5. The molecule has 0 spiro atoms. The lowest BCUT2D eigenvalue weighted by Crippen LogP contribution is -2.21. The smallest absolute Gasteiger partial charge is 0.145 e. The number of nitrogens with two attached hydrogens (primary N) is 1. The Morgan fingerprint density at radius 2 is 2.21 bits per heavy atom. The minimum Gasteiger partial charge on any atom is -0.352 e. The van der Waals surface area contributed by atoms with Gasteiger partial charge in [0.15, 0.2) is 0 Å². The molecule has 7 nitrogen and oxygen atoms in total. The predicted molar refractivity (Wildman–Crippen MR) is 74.5 cm³/mol. The normalized spacial score (nSPS) is 10.5. The summed E-state index contributed by atoms with van der Waals surface area (Å²) in [5, 5.41) is 0. The van der Waals surface area contributed by atoms with Gasteiger partial charge in [-0.3, -0.25) is 0 Å². The van der Waals surface area contributed by atoms with Gasteiger partial charge in [-0.25, -0.2) is 20.8 Å². The van der Waals surface area contributed by atoms with Crippen LogP contribution in [0.2, 0.25) is 0 Å². The van der Waals surface area contributed by atoms with Crippen molar-refractivity contribution in [3.05, 3.63) is 30.1 Å². The van der Waals surface area contributed by atoms with E-state index in [-0.39, 0.29) is 0 Å². The Balaban J connectivity index is 2.23. The first-order valence-corrected chi connectivity index (χ1v) is 6.16. The number of hydrogen-bond donors (Lipinski definition) is 2. The molecule has 0 fully saturated rings. The lowest BCUT2D eigenvalue weighted by Gasteiger charge is -2.19. The third-order valence-electron chi connectivity index (χ3n) is 2.91. The second kappa shape index (κ2) is 5.66. The van der Waals surface area contributed by atoms with Crippen molar-refractivity contribution < 1.29 is 0 Å². The summed E-state index contributed by atoms with van der Waals surface area (Å²) in [5.41, 5.74) is 2.57. The van der Waals surface area contributed by atoms with Crippen LogP contribution in [0.4, 0.5) is 11.6 Å². The topological polar surface area (TPSA) is 84.9 Å². The first-order valence-electron chi connectivity index (χ1n) is 6.16. The van der Waals surface area contributed by atoms with Gasteiger partial charge in [0.25, 0.3) is 0 Å². The molecule has 0 unspecified atom stereocenters. The van der Waals surface area contributed by atoms with Crippen molar-refractivity contribution in [3.63, 3.8) is 0 Å². The van der Waals surface area contributed by atoms with Crippen molar-refractivity contribution in [2.24, 2.45) is 12.9 Å². The molecule has 0 saturated carbocycles. The summed E-state index contributed by atoms with van der Waals surface area (Å²) in [6.45, 7) is 2.69. The highest BCUT2D eigenvalue weighted by molar-refractivity contribution is 5.48. The number of nitrogens with one attached hydrogen (secondary N) is 1. The Kier molecular flexibility index (Phi) is 3.96. The van der Waals surface area contributed by atoms with E-state index in [0.29, 0.717) is 12.4 Å². The van der Waals surface area contributed by atoms with Gasteiger partial charge in [0.2, 0.25) is 0 Å². The molecule has 3 N–H and O–H groups in total. The Bertz CT molecular complexity index is 527. The van der Waals surface area contributed by atoms with Gasteiger partial charge in [0.1, 0.15) is 23.3 Å². The molecular formula is C12H19N7. The number of aromatic nitrogens is 4. The molecule has 2 aromatic rings. The molecule has 102 valence electrons. The first-order chi connectivity index (χ1) is 9.13. The molecule has 0 aromatic carbocycles. The summed E-state index contributed by atoms with van der Waals surface area (Å²) in [5.74, 6) is 8.60. The van der Waals surface area contributed by atoms with Gasteiger partial charge in [0.05, 0.1) is 6.54 Å². The second-order valence-electron chi connectivity index (χ2n) is 4.34. The molecule has 19 heavy (non-hydrogen) atoms. The summed E-state index contributed by atoms with van der Waals surface area (Å²) in [6.07, 6.45) is 4.47. The highest BCUT2D eigenvalue weighted by Crippen LogP contribution is 2.16. The molecule has 0 amide bonds. The average molecular weight is 261 g/mol. The maximum atomic E-state index is 5.43. The maximum Gasteiger partial charge on any atom is 0.145 e. The fourth-order valence-electron chi connectivity index (χ4n) is 1.75. The van der Waals surface area contributed by atoms with Crippen molar-refractivity contribution in [2.75, 3.05) is 17.4 Å². The summed E-state index contributed by atoms with van der Waals surface area (Å²) in [4.78, 5) is 15.1. The van der Waals surface area contributed by atoms with E-state index in [1.54, 1.807) is 6.20 Å². The number of imidazole rings is 1. The van der Waals surface area contributed by atoms with Crippen LogP contribution in [0.25, 0.3) is 0 Å². The van der Waals surface area contributed by atoms with E-state index >= 15 is 0 Å². The van der Waals surface area contributed by atoms with E-state index in [1.807, 2.05) is 42.7 Å². The number of anilines is 2. The van der Waals surface area contributed by atoms with Gasteiger partial charge in [-0.2, -0.15) is 0 Å². The van der Waals surface area contributed by atoms with Crippen LogP contribution >= 0.6 is 0 Å². The quantitative estimate of drug-likeness (QED) is 0.608. The molecule has 2 heterocycles. The van der Waals surface area contributed by atoms with Gasteiger partial charge >= 0.3 is 0 Å². The third kappa shape index (κ3) is 3.00. The first kappa shape index (κ1) is 13.3. The number of hydrazine groups is 1. The molecule has 2 aromatic heterocycles. The molecule has 2 rings (SSSR count). The van der Waals surface area contributed by atoms with Gasteiger partial charge in [-0.05, 0) is 0 Å². The van der Waals surface area contributed by atoms with E-state index in [2.05, 4.69) is 20.4 Å². The number of nitrogen functional groups attached to an aromatic ring is 1. The zero-order chi connectivity index (χ0) is 13.8. The highest BCUT2D eigenvalue weighted by atomic mass is 15.3. The monoisotopic (exact) mass is 261 g/mol. The molecular weight excluding hydrogens is 242 g/mol. The van der Waals surface area contributed by atoms with Crippen LogP contribution in [-0.2, 0) is 20.0 Å². The lowest BCUT2D eigenvalue weighted by atomic mass is 10.4. The standard InChI is InChI=1S/C12H19N7/c1-4-9-15-10(17-13)7-11(16-9)19(3)8-12-14-5-6-18(12)2/h5-7H,4,8,13H2,1-3H3,(H,15,16,17). The lowest BCUT2D eigenvalue weighted by molar-refractivity contribution is 0.751. The minimum atomic E-state index is 0.619. The Hall–Kier alpha value is -2.15. The Labute approximate surface area is 112 Å².